The Labute approximate surface area is 108 Å². The fourth-order valence-electron chi connectivity index (χ4n) is 2.14. The van der Waals surface area contributed by atoms with Gasteiger partial charge in [0, 0.05) is 7.11 Å². The van der Waals surface area contributed by atoms with E-state index in [1.165, 1.54) is 0 Å². The largest absolute Gasteiger partial charge is 0.370 e. The second-order valence-corrected chi connectivity index (χ2v) is 4.43. The zero-order valence-corrected chi connectivity index (χ0v) is 11.8. The first-order valence-electron chi connectivity index (χ1n) is 6.44. The molecule has 1 unspecified atom stereocenters. The molecule has 0 aromatic carbocycles. The molecule has 102 valence electrons. The summed E-state index contributed by atoms with van der Waals surface area (Å²) in [4.78, 5) is 15.8. The van der Waals surface area contributed by atoms with Crippen LogP contribution in [-0.2, 0) is 15.1 Å². The van der Waals surface area contributed by atoms with E-state index in [1.54, 1.807) is 14.0 Å². The molecule has 1 aromatic rings. The van der Waals surface area contributed by atoms with Crippen LogP contribution in [0.4, 0.5) is 0 Å². The molecule has 0 saturated carbocycles. The molecule has 0 aliphatic carbocycles. The maximum atomic E-state index is 11.5. The fourth-order valence-corrected chi connectivity index (χ4v) is 2.14. The number of carbonyl (C=O) groups excluding carboxylic acids is 1. The third kappa shape index (κ3) is 2.61. The van der Waals surface area contributed by atoms with Crippen molar-refractivity contribution >= 4 is 5.78 Å². The van der Waals surface area contributed by atoms with E-state index in [0.29, 0.717) is 18.1 Å². The lowest BCUT2D eigenvalue weighted by molar-refractivity contribution is -0.119. The van der Waals surface area contributed by atoms with Gasteiger partial charge in [0.05, 0.1) is 5.92 Å². The van der Waals surface area contributed by atoms with Gasteiger partial charge in [-0.05, 0) is 26.2 Å². The van der Waals surface area contributed by atoms with Gasteiger partial charge < -0.3 is 9.26 Å². The minimum absolute atomic E-state index is 0.0451. The van der Waals surface area contributed by atoms with E-state index in [-0.39, 0.29) is 11.7 Å². The monoisotopic (exact) mass is 254 g/mol. The average Bonchev–Trinajstić information content (AvgIpc) is 2.83. The zero-order valence-electron chi connectivity index (χ0n) is 11.8. The van der Waals surface area contributed by atoms with Crippen molar-refractivity contribution in [3.05, 3.63) is 11.7 Å². The highest BCUT2D eigenvalue weighted by molar-refractivity contribution is 5.82. The lowest BCUT2D eigenvalue weighted by Gasteiger charge is -2.25. The van der Waals surface area contributed by atoms with Crippen LogP contribution in [0, 0.1) is 0 Å². The summed E-state index contributed by atoms with van der Waals surface area (Å²) < 4.78 is 10.8. The summed E-state index contributed by atoms with van der Waals surface area (Å²) >= 11 is 0. The Kier molecular flexibility index (Phi) is 5.02. The van der Waals surface area contributed by atoms with Crippen molar-refractivity contribution < 1.29 is 14.1 Å². The molecule has 0 spiro atoms. The molecule has 0 radical (unpaired) electrons. The highest BCUT2D eigenvalue weighted by Crippen LogP contribution is 2.31. The Balaban J connectivity index is 3.08. The molecule has 5 nitrogen and oxygen atoms in total. The van der Waals surface area contributed by atoms with Crippen molar-refractivity contribution in [2.24, 2.45) is 0 Å². The molecule has 0 fully saturated rings. The molecule has 1 rings (SSSR count). The van der Waals surface area contributed by atoms with E-state index in [9.17, 15) is 4.79 Å². The maximum absolute atomic E-state index is 11.5. The van der Waals surface area contributed by atoms with Crippen LogP contribution in [0.2, 0.25) is 0 Å². The normalized spacial score (nSPS) is 13.6. The lowest BCUT2D eigenvalue weighted by Crippen LogP contribution is -2.28. The summed E-state index contributed by atoms with van der Waals surface area (Å²) in [5.74, 6) is 0.659. The van der Waals surface area contributed by atoms with Gasteiger partial charge in [-0.1, -0.05) is 25.9 Å². The Morgan fingerprint density at radius 3 is 2.39 bits per heavy atom. The molecular formula is C13H22N2O3. The number of Topliss-reactive ketones (excluding diaryl/α,β-unsaturated/α-hetero) is 1. The molecule has 0 N–H and O–H groups in total. The topological polar surface area (TPSA) is 65.2 Å². The first kappa shape index (κ1) is 14.8. The number of nitrogens with zero attached hydrogens (tertiary/aromatic N) is 2. The van der Waals surface area contributed by atoms with E-state index in [0.717, 1.165) is 12.8 Å². The van der Waals surface area contributed by atoms with Crippen molar-refractivity contribution in [1.82, 2.24) is 10.1 Å². The van der Waals surface area contributed by atoms with Crippen molar-refractivity contribution in [2.45, 2.75) is 58.5 Å². The number of ether oxygens (including phenoxy) is 1. The highest BCUT2D eigenvalue weighted by atomic mass is 16.5. The minimum Gasteiger partial charge on any atom is -0.370 e. The fraction of sp³-hybridized carbons (Fsp3) is 0.769. The molecule has 18 heavy (non-hydrogen) atoms. The summed E-state index contributed by atoms with van der Waals surface area (Å²) in [6.07, 6.45) is 2.18. The number of ketones is 1. The van der Waals surface area contributed by atoms with Gasteiger partial charge in [-0.3, -0.25) is 4.79 Å². The molecule has 0 bridgehead atoms. The van der Waals surface area contributed by atoms with Crippen molar-refractivity contribution in [3.63, 3.8) is 0 Å². The second-order valence-electron chi connectivity index (χ2n) is 4.43. The van der Waals surface area contributed by atoms with Gasteiger partial charge >= 0.3 is 0 Å². The average molecular weight is 254 g/mol. The van der Waals surface area contributed by atoms with Crippen LogP contribution in [0.25, 0.3) is 0 Å². The first-order chi connectivity index (χ1) is 8.54. The van der Waals surface area contributed by atoms with Crippen LogP contribution in [0.15, 0.2) is 4.52 Å². The molecule has 1 aromatic heterocycles. The number of carbonyl (C=O) groups is 1. The summed E-state index contributed by atoms with van der Waals surface area (Å²) in [5, 5.41) is 3.99. The number of hydrogen-bond acceptors (Lipinski definition) is 5. The Hall–Kier alpha value is -1.23. The third-order valence-corrected chi connectivity index (χ3v) is 3.58. The third-order valence-electron chi connectivity index (χ3n) is 3.58. The molecule has 5 heteroatoms. The molecule has 1 heterocycles. The molecular weight excluding hydrogens is 232 g/mol. The summed E-state index contributed by atoms with van der Waals surface area (Å²) in [6.45, 7) is 7.51. The number of hydrogen-bond donors (Lipinski definition) is 0. The second kappa shape index (κ2) is 6.09. The zero-order chi connectivity index (χ0) is 13.8. The summed E-state index contributed by atoms with van der Waals surface area (Å²) in [5.41, 5.74) is -0.517. The van der Waals surface area contributed by atoms with Crippen LogP contribution in [0.1, 0.15) is 64.6 Å². The Morgan fingerprint density at radius 2 is 2.00 bits per heavy atom. The summed E-state index contributed by atoms with van der Waals surface area (Å²) in [6, 6.07) is 0. The molecule has 0 aliphatic rings. The van der Waals surface area contributed by atoms with Gasteiger partial charge in [0.25, 0.3) is 0 Å². The van der Waals surface area contributed by atoms with Crippen LogP contribution in [0.5, 0.6) is 0 Å². The Morgan fingerprint density at radius 1 is 1.39 bits per heavy atom. The van der Waals surface area contributed by atoms with Gasteiger partial charge in [-0.2, -0.15) is 4.98 Å². The Bertz CT molecular complexity index is 388. The van der Waals surface area contributed by atoms with Gasteiger partial charge in [0.1, 0.15) is 11.4 Å². The summed E-state index contributed by atoms with van der Waals surface area (Å²) in [7, 11) is 1.64. The van der Waals surface area contributed by atoms with Crippen molar-refractivity contribution in [3.8, 4) is 0 Å². The van der Waals surface area contributed by atoms with Crippen molar-refractivity contribution in [2.75, 3.05) is 7.11 Å². The van der Waals surface area contributed by atoms with Gasteiger partial charge in [0.2, 0.25) is 11.7 Å². The number of methoxy groups -OCH3 is 1. The molecule has 1 atom stereocenters. The van der Waals surface area contributed by atoms with E-state index in [2.05, 4.69) is 10.1 Å². The predicted octanol–water partition coefficient (Wildman–Crippen LogP) is 2.81. The predicted molar refractivity (Wildman–Crippen MR) is 67.3 cm³/mol. The molecule has 0 amide bonds. The van der Waals surface area contributed by atoms with Crippen LogP contribution >= 0.6 is 0 Å². The van der Waals surface area contributed by atoms with Gasteiger partial charge in [-0.25, -0.2) is 0 Å². The molecule has 0 saturated heterocycles. The SMILES string of the molecule is CCC(C(C)=O)c1nc(C(CC)(CC)OC)no1. The van der Waals surface area contributed by atoms with E-state index < -0.39 is 5.60 Å². The number of aromatic nitrogens is 2. The van der Waals surface area contributed by atoms with E-state index in [4.69, 9.17) is 9.26 Å². The standard InChI is InChI=1S/C13H22N2O3/c1-6-10(9(4)16)11-14-12(15-18-11)13(7-2,8-3)17-5/h10H,6-8H2,1-5H3. The highest BCUT2D eigenvalue weighted by Gasteiger charge is 2.35. The minimum atomic E-state index is -0.517. The lowest BCUT2D eigenvalue weighted by atomic mass is 9.96. The van der Waals surface area contributed by atoms with Crippen molar-refractivity contribution in [1.29, 1.82) is 0 Å². The first-order valence-corrected chi connectivity index (χ1v) is 6.44. The maximum Gasteiger partial charge on any atom is 0.237 e. The quantitative estimate of drug-likeness (QED) is 0.748. The number of rotatable bonds is 7. The smallest absolute Gasteiger partial charge is 0.237 e. The molecule has 0 aliphatic heterocycles. The van der Waals surface area contributed by atoms with E-state index >= 15 is 0 Å². The van der Waals surface area contributed by atoms with Gasteiger partial charge in [-0.15, -0.1) is 0 Å². The van der Waals surface area contributed by atoms with Crippen LogP contribution < -0.4 is 0 Å². The van der Waals surface area contributed by atoms with Crippen LogP contribution in [-0.4, -0.2) is 23.0 Å². The van der Waals surface area contributed by atoms with E-state index in [1.807, 2.05) is 20.8 Å². The van der Waals surface area contributed by atoms with Crippen LogP contribution in [0.3, 0.4) is 0 Å². The van der Waals surface area contributed by atoms with Gasteiger partial charge in [0.15, 0.2) is 0 Å².